The third-order valence-electron chi connectivity index (χ3n) is 9.47. The number of nitrogens with zero attached hydrogens (tertiary/aromatic N) is 2. The van der Waals surface area contributed by atoms with Gasteiger partial charge in [0, 0.05) is 22.2 Å². The summed E-state index contributed by atoms with van der Waals surface area (Å²) in [4.78, 5) is 10.9. The number of allylic oxidation sites excluding steroid dienone is 1. The lowest BCUT2D eigenvalue weighted by atomic mass is 9.90. The minimum atomic E-state index is -0.279. The molecule has 0 aliphatic carbocycles. The molecule has 3 nitrogen and oxygen atoms in total. The fourth-order valence-corrected chi connectivity index (χ4v) is 7.02. The maximum atomic E-state index is 5.48. The number of rotatable bonds is 6. The van der Waals surface area contributed by atoms with E-state index in [4.69, 9.17) is 9.98 Å². The molecular formula is C47H33N3. The lowest BCUT2D eigenvalue weighted by molar-refractivity contribution is 0.664. The Hall–Kier alpha value is -6.58. The summed E-state index contributed by atoms with van der Waals surface area (Å²) in [7, 11) is 0. The van der Waals surface area contributed by atoms with Crippen molar-refractivity contribution < 1.29 is 0 Å². The van der Waals surface area contributed by atoms with Crippen molar-refractivity contribution in [1.82, 2.24) is 10.3 Å². The minimum absolute atomic E-state index is 0.279. The standard InChI is InChI=1S/C47H33N3/c1-5-16-32(17-6-1)36-25-15-26-38(28-36)43-31-44(50-47(49-43)35-22-11-4-12-23-35)41-29-37-24-13-14-27-39(37)45-40(33-18-7-2-8-19-33)30-42(48-46(41)45)34-20-9-3-10-21-34/h1-31,47,49H. The molecule has 1 N–H and O–H groups in total. The average molecular weight is 640 g/mol. The number of benzene rings is 7. The van der Waals surface area contributed by atoms with Crippen molar-refractivity contribution in [3.63, 3.8) is 0 Å². The molecule has 1 aromatic heterocycles. The zero-order valence-corrected chi connectivity index (χ0v) is 27.4. The van der Waals surface area contributed by atoms with Crippen molar-refractivity contribution in [2.45, 2.75) is 6.17 Å². The van der Waals surface area contributed by atoms with E-state index in [2.05, 4.69) is 181 Å². The van der Waals surface area contributed by atoms with Crippen LogP contribution in [0.25, 0.3) is 60.9 Å². The van der Waals surface area contributed by atoms with Gasteiger partial charge in [-0.2, -0.15) is 0 Å². The Balaban J connectivity index is 1.32. The molecule has 50 heavy (non-hydrogen) atoms. The lowest BCUT2D eigenvalue weighted by Crippen LogP contribution is -2.25. The van der Waals surface area contributed by atoms with E-state index in [9.17, 15) is 0 Å². The van der Waals surface area contributed by atoms with Crippen molar-refractivity contribution in [3.8, 4) is 33.5 Å². The van der Waals surface area contributed by atoms with Crippen LogP contribution in [0.15, 0.2) is 193 Å². The molecule has 7 aromatic carbocycles. The van der Waals surface area contributed by atoms with Gasteiger partial charge in [0.1, 0.15) is 6.17 Å². The summed E-state index contributed by atoms with van der Waals surface area (Å²) in [5.74, 6) is 0. The Bertz CT molecular complexity index is 2540. The predicted molar refractivity (Wildman–Crippen MR) is 209 cm³/mol. The Morgan fingerprint density at radius 1 is 0.460 bits per heavy atom. The average Bonchev–Trinajstić information content (AvgIpc) is 3.21. The van der Waals surface area contributed by atoms with Gasteiger partial charge in [-0.3, -0.25) is 4.99 Å². The molecule has 0 saturated carbocycles. The highest BCUT2D eigenvalue weighted by Gasteiger charge is 2.23. The second-order valence-electron chi connectivity index (χ2n) is 12.6. The van der Waals surface area contributed by atoms with Crippen molar-refractivity contribution in [2.24, 2.45) is 4.99 Å². The second-order valence-corrected chi connectivity index (χ2v) is 12.6. The summed E-state index contributed by atoms with van der Waals surface area (Å²) in [5, 5.41) is 7.23. The molecule has 0 spiro atoms. The SMILES string of the molecule is C1=C(c2cccc(-c3ccccc3)c2)NC(c2ccccc2)N=C1c1cc2ccccc2c2c(-c3ccccc3)cc(-c3ccccc3)nc12. The number of nitrogens with one attached hydrogen (secondary N) is 1. The van der Waals surface area contributed by atoms with Gasteiger partial charge in [0.05, 0.1) is 16.9 Å². The summed E-state index contributed by atoms with van der Waals surface area (Å²) in [6.45, 7) is 0. The molecule has 8 aromatic rings. The van der Waals surface area contributed by atoms with Crippen LogP contribution >= 0.6 is 0 Å². The van der Waals surface area contributed by atoms with Crippen LogP contribution in [-0.4, -0.2) is 10.7 Å². The fourth-order valence-electron chi connectivity index (χ4n) is 7.02. The van der Waals surface area contributed by atoms with E-state index in [1.54, 1.807) is 0 Å². The second kappa shape index (κ2) is 12.8. The largest absolute Gasteiger partial charge is 0.360 e. The van der Waals surface area contributed by atoms with Crippen LogP contribution in [0.3, 0.4) is 0 Å². The van der Waals surface area contributed by atoms with Crippen molar-refractivity contribution in [3.05, 3.63) is 205 Å². The van der Waals surface area contributed by atoms with Crippen molar-refractivity contribution in [2.75, 3.05) is 0 Å². The van der Waals surface area contributed by atoms with E-state index in [0.717, 1.165) is 66.8 Å². The molecule has 0 radical (unpaired) electrons. The van der Waals surface area contributed by atoms with Crippen LogP contribution in [-0.2, 0) is 0 Å². The molecule has 1 unspecified atom stereocenters. The molecule has 9 rings (SSSR count). The van der Waals surface area contributed by atoms with Gasteiger partial charge in [0.2, 0.25) is 0 Å². The summed E-state index contributed by atoms with van der Waals surface area (Å²) in [5.41, 5.74) is 12.7. The maximum absolute atomic E-state index is 5.48. The first-order chi connectivity index (χ1) is 24.8. The first-order valence-electron chi connectivity index (χ1n) is 17.0. The van der Waals surface area contributed by atoms with Crippen LogP contribution in [0.2, 0.25) is 0 Å². The Kier molecular flexibility index (Phi) is 7.56. The van der Waals surface area contributed by atoms with Gasteiger partial charge in [0.25, 0.3) is 0 Å². The third kappa shape index (κ3) is 5.55. The number of fused-ring (bicyclic) bond motifs is 3. The summed E-state index contributed by atoms with van der Waals surface area (Å²) in [6.07, 6.45) is 1.92. The molecule has 0 bridgehead atoms. The molecule has 1 atom stereocenters. The molecule has 3 heteroatoms. The van der Waals surface area contributed by atoms with Gasteiger partial charge < -0.3 is 5.32 Å². The minimum Gasteiger partial charge on any atom is -0.360 e. The van der Waals surface area contributed by atoms with Crippen molar-refractivity contribution >= 4 is 33.1 Å². The smallest absolute Gasteiger partial charge is 0.145 e. The van der Waals surface area contributed by atoms with E-state index < -0.39 is 0 Å². The third-order valence-corrected chi connectivity index (χ3v) is 9.47. The number of aromatic nitrogens is 1. The van der Waals surface area contributed by atoms with E-state index in [1.165, 1.54) is 16.5 Å². The number of hydrogen-bond donors (Lipinski definition) is 1. The first-order valence-corrected chi connectivity index (χ1v) is 17.0. The molecule has 0 amide bonds. The van der Waals surface area contributed by atoms with Crippen molar-refractivity contribution in [1.29, 1.82) is 0 Å². The molecule has 1 aliphatic rings. The highest BCUT2D eigenvalue weighted by atomic mass is 15.1. The zero-order valence-electron chi connectivity index (χ0n) is 27.4. The van der Waals surface area contributed by atoms with E-state index >= 15 is 0 Å². The van der Waals surface area contributed by atoms with Gasteiger partial charge in [0.15, 0.2) is 0 Å². The highest BCUT2D eigenvalue weighted by Crippen LogP contribution is 2.40. The molecule has 0 fully saturated rings. The van der Waals surface area contributed by atoms with Gasteiger partial charge in [-0.25, -0.2) is 4.98 Å². The Morgan fingerprint density at radius 2 is 1.06 bits per heavy atom. The number of hydrogen-bond acceptors (Lipinski definition) is 3. The van der Waals surface area contributed by atoms with Gasteiger partial charge >= 0.3 is 0 Å². The van der Waals surface area contributed by atoms with Crippen LogP contribution < -0.4 is 5.32 Å². The van der Waals surface area contributed by atoms with Gasteiger partial charge in [-0.05, 0) is 68.4 Å². The maximum Gasteiger partial charge on any atom is 0.145 e. The topological polar surface area (TPSA) is 37.3 Å². The quantitative estimate of drug-likeness (QED) is 0.184. The number of pyridine rings is 1. The molecule has 2 heterocycles. The van der Waals surface area contributed by atoms with E-state index in [-0.39, 0.29) is 6.17 Å². The molecule has 1 aliphatic heterocycles. The van der Waals surface area contributed by atoms with Crippen LogP contribution in [0.1, 0.15) is 22.9 Å². The summed E-state index contributed by atoms with van der Waals surface area (Å²) < 4.78 is 0. The normalized spacial score (nSPS) is 14.2. The van der Waals surface area contributed by atoms with Crippen LogP contribution in [0.4, 0.5) is 0 Å². The summed E-state index contributed by atoms with van der Waals surface area (Å²) in [6, 6.07) is 64.0. The number of aliphatic imine (C=N–C) groups is 1. The van der Waals surface area contributed by atoms with E-state index in [0.29, 0.717) is 0 Å². The Morgan fingerprint density at radius 3 is 1.80 bits per heavy atom. The summed E-state index contributed by atoms with van der Waals surface area (Å²) >= 11 is 0. The van der Waals surface area contributed by atoms with E-state index in [1.807, 2.05) is 12.1 Å². The monoisotopic (exact) mass is 639 g/mol. The molecule has 236 valence electrons. The van der Waals surface area contributed by atoms with Gasteiger partial charge in [-0.1, -0.05) is 164 Å². The zero-order chi connectivity index (χ0) is 33.3. The van der Waals surface area contributed by atoms with Gasteiger partial charge in [-0.15, -0.1) is 0 Å². The van der Waals surface area contributed by atoms with Crippen LogP contribution in [0, 0.1) is 0 Å². The highest BCUT2D eigenvalue weighted by molar-refractivity contribution is 6.25. The lowest BCUT2D eigenvalue weighted by Gasteiger charge is -2.26. The Labute approximate surface area is 292 Å². The van der Waals surface area contributed by atoms with Crippen LogP contribution in [0.5, 0.6) is 0 Å². The first kappa shape index (κ1) is 29.6. The molecule has 0 saturated heterocycles. The molecular weight excluding hydrogens is 607 g/mol. The predicted octanol–water partition coefficient (Wildman–Crippen LogP) is 11.5. The fraction of sp³-hybridized carbons (Fsp3) is 0.0213.